The minimum absolute atomic E-state index is 0.304. The highest BCUT2D eigenvalue weighted by Crippen LogP contribution is 2.14. The van der Waals surface area contributed by atoms with E-state index in [0.717, 1.165) is 37.4 Å². The van der Waals surface area contributed by atoms with Crippen molar-refractivity contribution in [2.24, 2.45) is 0 Å². The zero-order valence-electron chi connectivity index (χ0n) is 12.6. The molecule has 3 heteroatoms. The molecule has 1 rings (SSSR count). The van der Waals surface area contributed by atoms with Gasteiger partial charge in [-0.05, 0) is 38.4 Å². The van der Waals surface area contributed by atoms with E-state index in [2.05, 4.69) is 37.1 Å². The van der Waals surface area contributed by atoms with Crippen LogP contribution in [0.4, 0.5) is 0 Å². The summed E-state index contributed by atoms with van der Waals surface area (Å²) in [7, 11) is 0. The van der Waals surface area contributed by atoms with Gasteiger partial charge in [-0.15, -0.1) is 0 Å². The largest absolute Gasteiger partial charge is 0.492 e. The van der Waals surface area contributed by atoms with Crippen molar-refractivity contribution in [1.82, 2.24) is 10.3 Å². The smallest absolute Gasteiger partial charge is 0.137 e. The van der Waals surface area contributed by atoms with Crippen LogP contribution in [-0.2, 0) is 0 Å². The fourth-order valence-corrected chi connectivity index (χ4v) is 1.92. The van der Waals surface area contributed by atoms with Crippen molar-refractivity contribution in [2.45, 2.75) is 58.9 Å². The third kappa shape index (κ3) is 6.58. The molecule has 0 saturated heterocycles. The second kappa shape index (κ2) is 9.79. The fourth-order valence-electron chi connectivity index (χ4n) is 1.92. The molecule has 108 valence electrons. The van der Waals surface area contributed by atoms with Gasteiger partial charge >= 0.3 is 0 Å². The zero-order valence-corrected chi connectivity index (χ0v) is 12.6. The maximum Gasteiger partial charge on any atom is 0.137 e. The molecule has 1 N–H and O–H groups in total. The molecule has 3 nitrogen and oxygen atoms in total. The van der Waals surface area contributed by atoms with Crippen molar-refractivity contribution in [3.63, 3.8) is 0 Å². The van der Waals surface area contributed by atoms with Gasteiger partial charge in [0.05, 0.1) is 18.5 Å². The van der Waals surface area contributed by atoms with E-state index in [4.69, 9.17) is 4.74 Å². The molecular weight excluding hydrogens is 236 g/mol. The first kappa shape index (κ1) is 16.0. The van der Waals surface area contributed by atoms with E-state index in [1.54, 1.807) is 0 Å². The summed E-state index contributed by atoms with van der Waals surface area (Å²) in [6, 6.07) is 4.37. The number of aromatic nitrogens is 1. The van der Waals surface area contributed by atoms with E-state index in [1.165, 1.54) is 19.3 Å². The molecule has 0 fully saturated rings. The summed E-state index contributed by atoms with van der Waals surface area (Å²) >= 11 is 0. The number of hydrogen-bond acceptors (Lipinski definition) is 3. The second-order valence-electron chi connectivity index (χ2n) is 5.00. The summed E-state index contributed by atoms with van der Waals surface area (Å²) in [5.74, 6) is 0.878. The molecule has 0 aromatic carbocycles. The molecule has 0 aliphatic rings. The first-order valence-electron chi connectivity index (χ1n) is 7.60. The van der Waals surface area contributed by atoms with Crippen molar-refractivity contribution >= 4 is 0 Å². The number of pyridine rings is 1. The monoisotopic (exact) mass is 264 g/mol. The van der Waals surface area contributed by atoms with Crippen molar-refractivity contribution in [3.8, 4) is 5.75 Å². The first-order valence-corrected chi connectivity index (χ1v) is 7.60. The molecule has 1 heterocycles. The lowest BCUT2D eigenvalue weighted by Gasteiger charge is -2.13. The van der Waals surface area contributed by atoms with Crippen LogP contribution in [0.5, 0.6) is 5.75 Å². The summed E-state index contributed by atoms with van der Waals surface area (Å²) in [6.07, 6.45) is 7.91. The van der Waals surface area contributed by atoms with Crippen LogP contribution in [0.25, 0.3) is 0 Å². The Labute approximate surface area is 117 Å². The van der Waals surface area contributed by atoms with Crippen LogP contribution in [0.15, 0.2) is 18.3 Å². The van der Waals surface area contributed by atoms with Gasteiger partial charge in [0.25, 0.3) is 0 Å². The molecule has 1 atom stereocenters. The van der Waals surface area contributed by atoms with E-state index in [9.17, 15) is 0 Å². The molecule has 0 radical (unpaired) electrons. The highest BCUT2D eigenvalue weighted by molar-refractivity contribution is 5.21. The molecule has 0 saturated carbocycles. The summed E-state index contributed by atoms with van der Waals surface area (Å²) in [5, 5.41) is 3.43. The fraction of sp³-hybridized carbons (Fsp3) is 0.688. The minimum Gasteiger partial charge on any atom is -0.492 e. The number of nitrogens with zero attached hydrogens (tertiary/aromatic N) is 1. The van der Waals surface area contributed by atoms with E-state index < -0.39 is 0 Å². The molecule has 0 aliphatic carbocycles. The van der Waals surface area contributed by atoms with Gasteiger partial charge in [-0.1, -0.05) is 33.1 Å². The third-order valence-corrected chi connectivity index (χ3v) is 3.17. The Kier molecular flexibility index (Phi) is 8.23. The summed E-state index contributed by atoms with van der Waals surface area (Å²) < 4.78 is 5.69. The summed E-state index contributed by atoms with van der Waals surface area (Å²) in [5.41, 5.74) is 1.08. The topological polar surface area (TPSA) is 34.1 Å². The van der Waals surface area contributed by atoms with E-state index in [-0.39, 0.29) is 0 Å². The van der Waals surface area contributed by atoms with Crippen LogP contribution in [0.1, 0.15) is 64.6 Å². The molecule has 0 spiro atoms. The van der Waals surface area contributed by atoms with E-state index in [1.807, 2.05) is 12.3 Å². The van der Waals surface area contributed by atoms with Crippen molar-refractivity contribution in [1.29, 1.82) is 0 Å². The predicted molar refractivity (Wildman–Crippen MR) is 80.6 cm³/mol. The predicted octanol–water partition coefficient (Wildman–Crippen LogP) is 4.10. The molecule has 0 bridgehead atoms. The van der Waals surface area contributed by atoms with Gasteiger partial charge in [-0.2, -0.15) is 0 Å². The highest BCUT2D eigenvalue weighted by atomic mass is 16.5. The van der Waals surface area contributed by atoms with Crippen LogP contribution in [0, 0.1) is 0 Å². The SMILES string of the molecule is CCCCCCOc1ccc(C(C)NCCC)nc1. The molecule has 19 heavy (non-hydrogen) atoms. The molecule has 1 unspecified atom stereocenters. The average molecular weight is 264 g/mol. The lowest BCUT2D eigenvalue weighted by atomic mass is 10.2. The van der Waals surface area contributed by atoms with Crippen molar-refractivity contribution in [3.05, 3.63) is 24.0 Å². The number of ether oxygens (including phenoxy) is 1. The standard InChI is InChI=1S/C16H28N2O/c1-4-6-7-8-12-19-15-9-10-16(18-13-15)14(3)17-11-5-2/h9-10,13-14,17H,4-8,11-12H2,1-3H3. The van der Waals surface area contributed by atoms with Crippen molar-refractivity contribution in [2.75, 3.05) is 13.2 Å². The number of nitrogens with one attached hydrogen (secondary N) is 1. The van der Waals surface area contributed by atoms with Crippen LogP contribution >= 0.6 is 0 Å². The average Bonchev–Trinajstić information content (AvgIpc) is 2.45. The van der Waals surface area contributed by atoms with Gasteiger partial charge in [0.1, 0.15) is 5.75 Å². The Hall–Kier alpha value is -1.09. The van der Waals surface area contributed by atoms with Crippen molar-refractivity contribution < 1.29 is 4.74 Å². The lowest BCUT2D eigenvalue weighted by molar-refractivity contribution is 0.303. The number of rotatable bonds is 10. The summed E-state index contributed by atoms with van der Waals surface area (Å²) in [6.45, 7) is 8.35. The molecule has 0 aliphatic heterocycles. The van der Waals surface area contributed by atoms with Gasteiger partial charge in [-0.25, -0.2) is 0 Å². The van der Waals surface area contributed by atoms with Gasteiger partial charge in [0, 0.05) is 6.04 Å². The Bertz CT molecular complexity index is 324. The maximum atomic E-state index is 5.69. The van der Waals surface area contributed by atoms with Gasteiger partial charge in [0.15, 0.2) is 0 Å². The van der Waals surface area contributed by atoms with E-state index >= 15 is 0 Å². The maximum absolute atomic E-state index is 5.69. The van der Waals surface area contributed by atoms with Crippen LogP contribution in [0.2, 0.25) is 0 Å². The van der Waals surface area contributed by atoms with E-state index in [0.29, 0.717) is 6.04 Å². The minimum atomic E-state index is 0.304. The van der Waals surface area contributed by atoms with Crippen LogP contribution in [0.3, 0.4) is 0 Å². The highest BCUT2D eigenvalue weighted by Gasteiger charge is 2.05. The summed E-state index contributed by atoms with van der Waals surface area (Å²) in [4.78, 5) is 4.46. The van der Waals surface area contributed by atoms with Gasteiger partial charge in [-0.3, -0.25) is 4.98 Å². The number of hydrogen-bond donors (Lipinski definition) is 1. The second-order valence-corrected chi connectivity index (χ2v) is 5.00. The van der Waals surface area contributed by atoms with Gasteiger partial charge < -0.3 is 10.1 Å². The number of unbranched alkanes of at least 4 members (excludes halogenated alkanes) is 3. The molecule has 1 aromatic heterocycles. The van der Waals surface area contributed by atoms with Gasteiger partial charge in [0.2, 0.25) is 0 Å². The zero-order chi connectivity index (χ0) is 13.9. The third-order valence-electron chi connectivity index (χ3n) is 3.17. The van der Waals surface area contributed by atoms with Crippen LogP contribution < -0.4 is 10.1 Å². The molecule has 1 aromatic rings. The Morgan fingerprint density at radius 2 is 2.00 bits per heavy atom. The Balaban J connectivity index is 2.30. The van der Waals surface area contributed by atoms with Crippen LogP contribution in [-0.4, -0.2) is 18.1 Å². The Morgan fingerprint density at radius 3 is 2.63 bits per heavy atom. The first-order chi connectivity index (χ1) is 9.27. The lowest BCUT2D eigenvalue weighted by Crippen LogP contribution is -2.20. The molecular formula is C16H28N2O. The normalized spacial score (nSPS) is 12.4. The quantitative estimate of drug-likeness (QED) is 0.646. The Morgan fingerprint density at radius 1 is 1.16 bits per heavy atom. The molecule has 0 amide bonds.